The van der Waals surface area contributed by atoms with Crippen molar-refractivity contribution < 1.29 is 9.59 Å². The first-order valence-electron chi connectivity index (χ1n) is 9.53. The molecule has 7 nitrogen and oxygen atoms in total. The van der Waals surface area contributed by atoms with Crippen LogP contribution in [0.1, 0.15) is 37.2 Å². The molecule has 0 unspecified atom stereocenters. The molecule has 0 aliphatic carbocycles. The van der Waals surface area contributed by atoms with Gasteiger partial charge in [-0.25, -0.2) is 9.67 Å². The lowest BCUT2D eigenvalue weighted by Crippen LogP contribution is -2.14. The third-order valence-corrected chi connectivity index (χ3v) is 5.41. The van der Waals surface area contributed by atoms with E-state index in [-0.39, 0.29) is 17.9 Å². The Morgan fingerprint density at radius 2 is 1.83 bits per heavy atom. The molecular formula is C22H21N5O2S. The Bertz CT molecular complexity index is 1230. The van der Waals surface area contributed by atoms with E-state index < -0.39 is 0 Å². The normalized spacial score (nSPS) is 11.1. The third kappa shape index (κ3) is 3.95. The molecular weight excluding hydrogens is 398 g/mol. The number of nitrogens with zero attached hydrogens (tertiary/aromatic N) is 3. The van der Waals surface area contributed by atoms with Crippen molar-refractivity contribution in [1.29, 1.82) is 0 Å². The van der Waals surface area contributed by atoms with E-state index in [0.29, 0.717) is 28.0 Å². The Morgan fingerprint density at radius 3 is 2.50 bits per heavy atom. The fourth-order valence-corrected chi connectivity index (χ4v) is 3.90. The molecule has 4 aromatic rings. The highest BCUT2D eigenvalue weighted by Crippen LogP contribution is 2.29. The smallest absolute Gasteiger partial charge is 0.256 e. The minimum absolute atomic E-state index is 0.110. The van der Waals surface area contributed by atoms with Gasteiger partial charge in [0.15, 0.2) is 5.65 Å². The maximum Gasteiger partial charge on any atom is 0.256 e. The molecule has 0 saturated carbocycles. The number of carbonyl (C=O) groups is 2. The summed E-state index contributed by atoms with van der Waals surface area (Å²) >= 11 is 1.57. The first-order valence-corrected chi connectivity index (χ1v) is 10.4. The van der Waals surface area contributed by atoms with Crippen LogP contribution in [0.15, 0.2) is 54.0 Å². The lowest BCUT2D eigenvalue weighted by atomic mass is 10.1. The highest BCUT2D eigenvalue weighted by atomic mass is 32.1. The number of amides is 2. The minimum Gasteiger partial charge on any atom is -0.326 e. The van der Waals surface area contributed by atoms with Gasteiger partial charge in [0.2, 0.25) is 5.91 Å². The van der Waals surface area contributed by atoms with Gasteiger partial charge in [0.1, 0.15) is 0 Å². The van der Waals surface area contributed by atoms with Crippen LogP contribution in [0.2, 0.25) is 0 Å². The van der Waals surface area contributed by atoms with Crippen molar-refractivity contribution >= 4 is 45.6 Å². The van der Waals surface area contributed by atoms with Gasteiger partial charge in [-0.1, -0.05) is 12.1 Å². The lowest BCUT2D eigenvalue weighted by molar-refractivity contribution is -0.114. The van der Waals surface area contributed by atoms with Crippen molar-refractivity contribution in [2.45, 2.75) is 26.8 Å². The summed E-state index contributed by atoms with van der Waals surface area (Å²) in [4.78, 5) is 30.3. The summed E-state index contributed by atoms with van der Waals surface area (Å²) in [5.41, 5.74) is 3.11. The van der Waals surface area contributed by atoms with Gasteiger partial charge >= 0.3 is 0 Å². The quantitative estimate of drug-likeness (QED) is 0.479. The molecule has 0 fully saturated rings. The molecule has 0 radical (unpaired) electrons. The van der Waals surface area contributed by atoms with E-state index >= 15 is 0 Å². The summed E-state index contributed by atoms with van der Waals surface area (Å²) in [7, 11) is 0. The molecule has 0 bridgehead atoms. The Hall–Kier alpha value is -3.52. The van der Waals surface area contributed by atoms with Crippen LogP contribution in [0, 0.1) is 0 Å². The van der Waals surface area contributed by atoms with E-state index in [1.54, 1.807) is 47.9 Å². The summed E-state index contributed by atoms with van der Waals surface area (Å²) < 4.78 is 1.82. The molecule has 0 aliphatic rings. The van der Waals surface area contributed by atoms with E-state index in [1.165, 1.54) is 6.92 Å². The van der Waals surface area contributed by atoms with Crippen molar-refractivity contribution in [3.05, 3.63) is 59.6 Å². The molecule has 2 N–H and O–H groups in total. The van der Waals surface area contributed by atoms with Crippen LogP contribution < -0.4 is 10.6 Å². The zero-order chi connectivity index (χ0) is 21.3. The minimum atomic E-state index is -0.261. The van der Waals surface area contributed by atoms with Crippen LogP contribution in [0.3, 0.4) is 0 Å². The first kappa shape index (κ1) is 19.8. The fourth-order valence-electron chi connectivity index (χ4n) is 3.21. The summed E-state index contributed by atoms with van der Waals surface area (Å²) in [6.07, 6.45) is 1.68. The Balaban J connectivity index is 1.76. The molecule has 0 aliphatic heterocycles. The van der Waals surface area contributed by atoms with Crippen LogP contribution in [0.5, 0.6) is 0 Å². The molecule has 3 heterocycles. The molecule has 0 atom stereocenters. The van der Waals surface area contributed by atoms with Crippen LogP contribution in [-0.4, -0.2) is 26.6 Å². The average Bonchev–Trinajstić information content (AvgIpc) is 3.36. The van der Waals surface area contributed by atoms with E-state index in [2.05, 4.69) is 15.7 Å². The van der Waals surface area contributed by atoms with Crippen LogP contribution in [-0.2, 0) is 4.79 Å². The second kappa shape index (κ2) is 8.08. The summed E-state index contributed by atoms with van der Waals surface area (Å²) in [5.74, 6) is -0.431. The first-order chi connectivity index (χ1) is 14.4. The number of nitrogens with one attached hydrogen (secondary N) is 2. The SMILES string of the molecule is CC(=O)Nc1cccc(NC(=O)c2cc(-c3cccs3)nc3c2cnn3C(C)C)c1. The molecule has 8 heteroatoms. The molecule has 2 amide bonds. The summed E-state index contributed by atoms with van der Waals surface area (Å²) in [6.45, 7) is 5.50. The van der Waals surface area contributed by atoms with Crippen LogP contribution in [0.4, 0.5) is 11.4 Å². The van der Waals surface area contributed by atoms with Gasteiger partial charge in [-0.15, -0.1) is 11.3 Å². The highest BCUT2D eigenvalue weighted by molar-refractivity contribution is 7.13. The second-order valence-electron chi connectivity index (χ2n) is 7.17. The zero-order valence-electron chi connectivity index (χ0n) is 16.8. The van der Waals surface area contributed by atoms with Crippen molar-refractivity contribution in [2.75, 3.05) is 10.6 Å². The predicted octanol–water partition coefficient (Wildman–Crippen LogP) is 4.95. The number of fused-ring (bicyclic) bond motifs is 1. The van der Waals surface area contributed by atoms with Gasteiger partial charge in [-0.05, 0) is 49.6 Å². The van der Waals surface area contributed by atoms with Gasteiger partial charge in [-0.2, -0.15) is 5.10 Å². The van der Waals surface area contributed by atoms with Gasteiger partial charge in [0.05, 0.1) is 27.7 Å². The summed E-state index contributed by atoms with van der Waals surface area (Å²) in [6, 6.07) is 12.9. The maximum atomic E-state index is 13.2. The molecule has 0 spiro atoms. The van der Waals surface area contributed by atoms with E-state index in [0.717, 1.165) is 10.6 Å². The molecule has 4 rings (SSSR count). The van der Waals surface area contributed by atoms with Crippen molar-refractivity contribution in [3.8, 4) is 10.6 Å². The summed E-state index contributed by atoms with van der Waals surface area (Å²) in [5, 5.41) is 12.8. The number of rotatable bonds is 5. The zero-order valence-corrected chi connectivity index (χ0v) is 17.7. The Kier molecular flexibility index (Phi) is 5.33. The number of carbonyl (C=O) groups excluding carboxylic acids is 2. The van der Waals surface area contributed by atoms with Gasteiger partial charge in [-0.3, -0.25) is 9.59 Å². The van der Waals surface area contributed by atoms with Crippen molar-refractivity contribution in [3.63, 3.8) is 0 Å². The number of pyridine rings is 1. The van der Waals surface area contributed by atoms with Crippen LogP contribution in [0.25, 0.3) is 21.6 Å². The van der Waals surface area contributed by atoms with E-state index in [4.69, 9.17) is 4.98 Å². The molecule has 30 heavy (non-hydrogen) atoms. The lowest BCUT2D eigenvalue weighted by Gasteiger charge is -2.11. The molecule has 3 aromatic heterocycles. The second-order valence-corrected chi connectivity index (χ2v) is 8.12. The number of hydrogen-bond acceptors (Lipinski definition) is 5. The third-order valence-electron chi connectivity index (χ3n) is 4.51. The van der Waals surface area contributed by atoms with Gasteiger partial charge < -0.3 is 10.6 Å². The molecule has 152 valence electrons. The van der Waals surface area contributed by atoms with Crippen LogP contribution >= 0.6 is 11.3 Å². The number of benzene rings is 1. The highest BCUT2D eigenvalue weighted by Gasteiger charge is 2.19. The van der Waals surface area contributed by atoms with Gasteiger partial charge in [0, 0.05) is 24.3 Å². The number of hydrogen-bond donors (Lipinski definition) is 2. The number of thiophene rings is 1. The monoisotopic (exact) mass is 419 g/mol. The van der Waals surface area contributed by atoms with Crippen molar-refractivity contribution in [1.82, 2.24) is 14.8 Å². The Labute approximate surface area is 177 Å². The number of aromatic nitrogens is 3. The predicted molar refractivity (Wildman–Crippen MR) is 120 cm³/mol. The standard InChI is InChI=1S/C22H21N5O2S/c1-13(2)27-21-18(12-23-27)17(11-19(26-21)20-8-5-9-30-20)22(29)25-16-7-4-6-15(10-16)24-14(3)28/h4-13H,1-3H3,(H,24,28)(H,25,29). The fraction of sp³-hybridized carbons (Fsp3) is 0.182. The van der Waals surface area contributed by atoms with Crippen molar-refractivity contribution in [2.24, 2.45) is 0 Å². The average molecular weight is 420 g/mol. The molecule has 0 saturated heterocycles. The Morgan fingerprint density at radius 1 is 1.07 bits per heavy atom. The topological polar surface area (TPSA) is 88.9 Å². The number of anilines is 2. The maximum absolute atomic E-state index is 13.2. The van der Waals surface area contributed by atoms with Gasteiger partial charge in [0.25, 0.3) is 5.91 Å². The largest absolute Gasteiger partial charge is 0.326 e. The molecule has 1 aromatic carbocycles. The van der Waals surface area contributed by atoms with E-state index in [1.807, 2.05) is 36.0 Å². The van der Waals surface area contributed by atoms with E-state index in [9.17, 15) is 9.59 Å².